The van der Waals surface area contributed by atoms with Gasteiger partial charge in [0.1, 0.15) is 0 Å². The minimum absolute atomic E-state index is 0.315. The van der Waals surface area contributed by atoms with Crippen LogP contribution in [-0.4, -0.2) is 23.3 Å². The normalized spacial score (nSPS) is 39.1. The van der Waals surface area contributed by atoms with E-state index in [0.29, 0.717) is 10.6 Å². The van der Waals surface area contributed by atoms with Crippen molar-refractivity contribution in [1.82, 2.24) is 5.32 Å². The van der Waals surface area contributed by atoms with Crippen LogP contribution in [-0.2, 0) is 10.5 Å². The number of halogens is 1. The Bertz CT molecular complexity index is 577. The number of hydrogen-bond acceptors (Lipinski definition) is 3. The number of ether oxygens (including phenoxy) is 1. The molecule has 2 rings (SSSR count). The van der Waals surface area contributed by atoms with Gasteiger partial charge in [-0.05, 0) is 32.8 Å². The van der Waals surface area contributed by atoms with E-state index in [4.69, 9.17) is 24.6 Å². The lowest BCUT2D eigenvalue weighted by Gasteiger charge is -2.46. The molecule has 2 N–H and O–H groups in total. The predicted molar refractivity (Wildman–Crippen MR) is 68.0 cm³/mol. The Morgan fingerprint density at radius 3 is 2.94 bits per heavy atom. The van der Waals surface area contributed by atoms with Crippen molar-refractivity contribution in [2.24, 2.45) is 0 Å². The fraction of sp³-hybridized carbons (Fsp3) is 0.538. The number of rotatable bonds is 1. The second-order valence-corrected chi connectivity index (χ2v) is 4.70. The summed E-state index contributed by atoms with van der Waals surface area (Å²) in [5.74, 6) is -1.88. The van der Waals surface area contributed by atoms with Crippen LogP contribution in [0.2, 0.25) is 5.02 Å². The second-order valence-electron chi connectivity index (χ2n) is 4.27. The Hall–Kier alpha value is -0.610. The van der Waals surface area contributed by atoms with Gasteiger partial charge in [0.2, 0.25) is 5.79 Å². The quantitative estimate of drug-likeness (QED) is 0.815. The molecule has 1 aliphatic heterocycles. The maximum atomic E-state index is 10.8. The maximum absolute atomic E-state index is 10.8. The Kier molecular flexibility index (Phi) is 1.77. The number of nitrogens with one attached hydrogen (secondary N) is 1. The van der Waals surface area contributed by atoms with E-state index in [1.807, 2.05) is 0 Å². The van der Waals surface area contributed by atoms with Gasteiger partial charge in [-0.3, -0.25) is 0 Å². The Labute approximate surface area is 115 Å². The Morgan fingerprint density at radius 2 is 2.35 bits per heavy atom. The molecule has 3 nitrogen and oxygen atoms in total. The molecule has 17 heavy (non-hydrogen) atoms. The second kappa shape index (κ2) is 4.25. The average Bonchev–Trinajstić information content (AvgIpc) is 2.39. The Balaban J connectivity index is 2.42. The van der Waals surface area contributed by atoms with E-state index in [0.717, 1.165) is 0 Å². The summed E-state index contributed by atoms with van der Waals surface area (Å²) < 4.78 is 51.1. The van der Waals surface area contributed by atoms with Crippen LogP contribution in [0.25, 0.3) is 0 Å². The van der Waals surface area contributed by atoms with Crippen molar-refractivity contribution in [3.8, 4) is 0 Å². The molecule has 0 saturated carbocycles. The largest absolute Gasteiger partial charge is 0.361 e. The molecule has 1 aromatic rings. The molecule has 1 aliphatic rings. The van der Waals surface area contributed by atoms with Crippen LogP contribution in [0.4, 0.5) is 0 Å². The zero-order valence-corrected chi connectivity index (χ0v) is 10.1. The number of benzene rings is 1. The van der Waals surface area contributed by atoms with E-state index in [2.05, 4.69) is 5.32 Å². The smallest absolute Gasteiger partial charge is 0.208 e. The molecule has 1 heterocycles. The zero-order valence-electron chi connectivity index (χ0n) is 15.3. The fourth-order valence-corrected chi connectivity index (χ4v) is 2.09. The molecule has 0 bridgehead atoms. The summed E-state index contributed by atoms with van der Waals surface area (Å²) >= 11 is 5.91. The lowest BCUT2D eigenvalue weighted by atomic mass is 9.93. The van der Waals surface area contributed by atoms with Crippen LogP contribution in [0.5, 0.6) is 0 Å². The lowest BCUT2D eigenvalue weighted by Crippen LogP contribution is -2.63. The molecule has 0 aliphatic carbocycles. The maximum Gasteiger partial charge on any atom is 0.208 e. The number of hydrogen-bond donors (Lipinski definition) is 2. The molecule has 1 aromatic carbocycles. The summed E-state index contributed by atoms with van der Waals surface area (Å²) in [6, 6.07) is 5.29. The fourth-order valence-electron chi connectivity index (χ4n) is 1.90. The molecule has 0 aromatic heterocycles. The van der Waals surface area contributed by atoms with Crippen LogP contribution < -0.4 is 5.32 Å². The van der Waals surface area contributed by atoms with Gasteiger partial charge < -0.3 is 15.2 Å². The molecule has 2 atom stereocenters. The third kappa shape index (κ3) is 2.47. The standard InChI is InChI=1S/C13H18ClNO2/c1-9-13(16,17-8-12(2,3)15-9)10-5-4-6-11(14)7-10/h4-7,9,15-16H,8H2,1-3H3/i2D3,3D3. The molecule has 94 valence electrons. The van der Waals surface area contributed by atoms with E-state index in [1.54, 1.807) is 18.2 Å². The Morgan fingerprint density at radius 1 is 1.59 bits per heavy atom. The molecule has 1 fully saturated rings. The van der Waals surface area contributed by atoms with Gasteiger partial charge in [0.05, 0.1) is 12.6 Å². The van der Waals surface area contributed by atoms with Gasteiger partial charge in [-0.15, -0.1) is 0 Å². The van der Waals surface area contributed by atoms with Gasteiger partial charge in [0.15, 0.2) is 0 Å². The van der Waals surface area contributed by atoms with Crippen molar-refractivity contribution >= 4 is 11.6 Å². The van der Waals surface area contributed by atoms with Crippen LogP contribution in [0, 0.1) is 0 Å². The van der Waals surface area contributed by atoms with Crippen LogP contribution in [0.1, 0.15) is 34.4 Å². The van der Waals surface area contributed by atoms with Crippen LogP contribution in [0.15, 0.2) is 24.3 Å². The highest BCUT2D eigenvalue weighted by Crippen LogP contribution is 2.33. The van der Waals surface area contributed by atoms with Crippen molar-refractivity contribution in [1.29, 1.82) is 0 Å². The minimum atomic E-state index is -2.85. The minimum Gasteiger partial charge on any atom is -0.361 e. The van der Waals surface area contributed by atoms with E-state index in [-0.39, 0.29) is 0 Å². The molecule has 0 radical (unpaired) electrons. The van der Waals surface area contributed by atoms with Gasteiger partial charge in [0, 0.05) is 24.3 Å². The van der Waals surface area contributed by atoms with Gasteiger partial charge in [-0.25, -0.2) is 0 Å². The monoisotopic (exact) mass is 261 g/mol. The summed E-state index contributed by atoms with van der Waals surface area (Å²) in [5, 5.41) is 13.7. The topological polar surface area (TPSA) is 41.5 Å². The summed E-state index contributed by atoms with van der Waals surface area (Å²) in [5.41, 5.74) is -1.95. The van der Waals surface area contributed by atoms with Crippen molar-refractivity contribution in [2.75, 3.05) is 6.61 Å². The third-order valence-electron chi connectivity index (χ3n) is 2.80. The van der Waals surface area contributed by atoms with Gasteiger partial charge >= 0.3 is 0 Å². The first-order valence-corrected chi connectivity index (χ1v) is 5.61. The van der Waals surface area contributed by atoms with Crippen LogP contribution >= 0.6 is 11.6 Å². The first-order valence-electron chi connectivity index (χ1n) is 8.24. The highest BCUT2D eigenvalue weighted by molar-refractivity contribution is 6.30. The average molecular weight is 262 g/mol. The van der Waals surface area contributed by atoms with Crippen molar-refractivity contribution in [2.45, 2.75) is 38.0 Å². The summed E-state index contributed by atoms with van der Waals surface area (Å²) in [7, 11) is 0. The molecule has 0 amide bonds. The van der Waals surface area contributed by atoms with E-state index in [9.17, 15) is 5.11 Å². The summed E-state index contributed by atoms with van der Waals surface area (Å²) in [4.78, 5) is 0. The van der Waals surface area contributed by atoms with Crippen molar-refractivity contribution < 1.29 is 18.1 Å². The third-order valence-corrected chi connectivity index (χ3v) is 3.03. The number of morpholine rings is 1. The van der Waals surface area contributed by atoms with Gasteiger partial charge in [-0.2, -0.15) is 0 Å². The molecular weight excluding hydrogens is 238 g/mol. The molecule has 4 heteroatoms. The van der Waals surface area contributed by atoms with Gasteiger partial charge in [0.25, 0.3) is 0 Å². The molecule has 1 saturated heterocycles. The van der Waals surface area contributed by atoms with Gasteiger partial charge in [-0.1, -0.05) is 23.7 Å². The SMILES string of the molecule is [2H]C([2H])([2H])C1(C([2H])([2H])[2H])COC(O)(c2cccc(Cl)c2)C(C)N1. The van der Waals surface area contributed by atoms with E-state index < -0.39 is 37.7 Å². The highest BCUT2D eigenvalue weighted by Gasteiger charge is 2.44. The first-order chi connectivity index (χ1) is 10.3. The molecule has 2 unspecified atom stereocenters. The molecular formula is C13H18ClNO2. The predicted octanol–water partition coefficient (Wildman–Crippen LogP) is 2.27. The first kappa shape index (κ1) is 7.10. The lowest BCUT2D eigenvalue weighted by molar-refractivity contribution is -0.263. The summed E-state index contributed by atoms with van der Waals surface area (Å²) in [6.45, 7) is -4.93. The summed E-state index contributed by atoms with van der Waals surface area (Å²) in [6.07, 6.45) is 0. The zero-order chi connectivity index (χ0) is 17.7. The van der Waals surface area contributed by atoms with Crippen molar-refractivity contribution in [3.05, 3.63) is 34.9 Å². The van der Waals surface area contributed by atoms with Crippen molar-refractivity contribution in [3.63, 3.8) is 0 Å². The van der Waals surface area contributed by atoms with E-state index >= 15 is 0 Å². The number of aliphatic hydroxyl groups is 1. The van der Waals surface area contributed by atoms with E-state index in [1.165, 1.54) is 13.0 Å². The van der Waals surface area contributed by atoms with Crippen LogP contribution in [0.3, 0.4) is 0 Å². The molecule has 0 spiro atoms. The highest BCUT2D eigenvalue weighted by atomic mass is 35.5.